The third-order valence-electron chi connectivity index (χ3n) is 2.72. The van der Waals surface area contributed by atoms with Crippen molar-refractivity contribution < 1.29 is 18.0 Å². The van der Waals surface area contributed by atoms with E-state index in [9.17, 15) is 18.0 Å². The van der Waals surface area contributed by atoms with Crippen molar-refractivity contribution in [2.75, 3.05) is 24.6 Å². The molecule has 8 heteroatoms. The number of anilines is 2. The van der Waals surface area contributed by atoms with E-state index in [0.717, 1.165) is 4.90 Å². The summed E-state index contributed by atoms with van der Waals surface area (Å²) < 4.78 is 36.8. The van der Waals surface area contributed by atoms with Crippen LogP contribution in [0.25, 0.3) is 0 Å². The highest BCUT2D eigenvalue weighted by atomic mass is 35.5. The zero-order valence-electron chi connectivity index (χ0n) is 11.0. The molecule has 0 heterocycles. The largest absolute Gasteiger partial charge is 0.401 e. The van der Waals surface area contributed by atoms with Crippen LogP contribution in [-0.2, 0) is 4.79 Å². The van der Waals surface area contributed by atoms with E-state index >= 15 is 0 Å². The van der Waals surface area contributed by atoms with Crippen LogP contribution in [0.2, 0.25) is 5.02 Å². The van der Waals surface area contributed by atoms with Crippen molar-refractivity contribution in [2.45, 2.75) is 19.1 Å². The van der Waals surface area contributed by atoms with E-state index < -0.39 is 24.7 Å². The van der Waals surface area contributed by atoms with Crippen LogP contribution in [0.3, 0.4) is 0 Å². The van der Waals surface area contributed by atoms with E-state index in [4.69, 9.17) is 17.3 Å². The summed E-state index contributed by atoms with van der Waals surface area (Å²) in [4.78, 5) is 12.8. The van der Waals surface area contributed by atoms with Gasteiger partial charge >= 0.3 is 6.18 Å². The first-order valence-corrected chi connectivity index (χ1v) is 6.11. The maximum Gasteiger partial charge on any atom is 0.401 e. The lowest BCUT2D eigenvalue weighted by molar-refractivity contribution is -0.149. The Hall–Kier alpha value is -1.47. The molecule has 1 atom stereocenters. The second-order valence-electron chi connectivity index (χ2n) is 4.43. The van der Waals surface area contributed by atoms with E-state index in [1.165, 1.54) is 32.2 Å². The first-order valence-electron chi connectivity index (χ1n) is 5.73. The van der Waals surface area contributed by atoms with Crippen LogP contribution in [0, 0.1) is 0 Å². The molecule has 0 saturated carbocycles. The SMILES string of the molecule is CC(C(=O)Nc1ccc(N)cc1Cl)N(C)CC(F)(F)F. The Morgan fingerprint density at radius 2 is 2.10 bits per heavy atom. The number of likely N-dealkylation sites (N-methyl/N-ethyl adjacent to an activating group) is 1. The van der Waals surface area contributed by atoms with Crippen LogP contribution < -0.4 is 11.1 Å². The van der Waals surface area contributed by atoms with Crippen LogP contribution in [0.4, 0.5) is 24.5 Å². The summed E-state index contributed by atoms with van der Waals surface area (Å²) in [6.07, 6.45) is -4.36. The number of alkyl halides is 3. The number of benzene rings is 1. The van der Waals surface area contributed by atoms with Crippen molar-refractivity contribution in [2.24, 2.45) is 0 Å². The topological polar surface area (TPSA) is 58.4 Å². The Kier molecular flexibility index (Phi) is 5.24. The minimum atomic E-state index is -4.36. The van der Waals surface area contributed by atoms with E-state index in [2.05, 4.69) is 5.32 Å². The van der Waals surface area contributed by atoms with Crippen LogP contribution in [0.15, 0.2) is 18.2 Å². The number of hydrogen-bond acceptors (Lipinski definition) is 3. The highest BCUT2D eigenvalue weighted by Gasteiger charge is 2.32. The molecule has 0 aliphatic rings. The molecule has 3 N–H and O–H groups in total. The summed E-state index contributed by atoms with van der Waals surface area (Å²) in [6.45, 7) is 0.212. The van der Waals surface area contributed by atoms with Crippen LogP contribution in [-0.4, -0.2) is 36.6 Å². The van der Waals surface area contributed by atoms with E-state index in [1.54, 1.807) is 0 Å². The maximum absolute atomic E-state index is 12.3. The van der Waals surface area contributed by atoms with Gasteiger partial charge in [0.1, 0.15) is 0 Å². The lowest BCUT2D eigenvalue weighted by Crippen LogP contribution is -2.44. The molecule has 0 aliphatic carbocycles. The van der Waals surface area contributed by atoms with Crippen molar-refractivity contribution in [3.8, 4) is 0 Å². The lowest BCUT2D eigenvalue weighted by atomic mass is 10.2. The summed E-state index contributed by atoms with van der Waals surface area (Å²) in [5.74, 6) is -0.580. The zero-order chi connectivity index (χ0) is 15.5. The van der Waals surface area contributed by atoms with Crippen molar-refractivity contribution in [3.63, 3.8) is 0 Å². The van der Waals surface area contributed by atoms with Gasteiger partial charge in [-0.25, -0.2) is 0 Å². The summed E-state index contributed by atoms with van der Waals surface area (Å²) in [5.41, 5.74) is 6.24. The van der Waals surface area contributed by atoms with Gasteiger partial charge in [0.2, 0.25) is 5.91 Å². The summed E-state index contributed by atoms with van der Waals surface area (Å²) in [5, 5.41) is 2.69. The number of nitrogens with zero attached hydrogens (tertiary/aromatic N) is 1. The minimum absolute atomic E-state index is 0.226. The van der Waals surface area contributed by atoms with E-state index in [-0.39, 0.29) is 5.02 Å². The van der Waals surface area contributed by atoms with Crippen molar-refractivity contribution in [1.82, 2.24) is 4.90 Å². The molecule has 112 valence electrons. The first kappa shape index (κ1) is 16.6. The van der Waals surface area contributed by atoms with Gasteiger partial charge in [0, 0.05) is 5.69 Å². The molecular weight excluding hydrogens is 295 g/mol. The Labute approximate surface area is 119 Å². The van der Waals surface area contributed by atoms with E-state index in [0.29, 0.717) is 11.4 Å². The Balaban J connectivity index is 2.70. The second kappa shape index (κ2) is 6.32. The predicted molar refractivity (Wildman–Crippen MR) is 72.6 cm³/mol. The second-order valence-corrected chi connectivity index (χ2v) is 4.84. The molecule has 1 rings (SSSR count). The molecule has 0 fully saturated rings. The molecule has 0 aliphatic heterocycles. The van der Waals surface area contributed by atoms with E-state index in [1.807, 2.05) is 0 Å². The Morgan fingerprint density at radius 1 is 1.50 bits per heavy atom. The fourth-order valence-corrected chi connectivity index (χ4v) is 1.73. The molecule has 0 bridgehead atoms. The van der Waals surface area contributed by atoms with Gasteiger partial charge in [-0.3, -0.25) is 9.69 Å². The minimum Gasteiger partial charge on any atom is -0.399 e. The molecule has 0 spiro atoms. The number of halogens is 4. The fourth-order valence-electron chi connectivity index (χ4n) is 1.49. The van der Waals surface area contributed by atoms with Gasteiger partial charge in [-0.05, 0) is 32.2 Å². The molecule has 4 nitrogen and oxygen atoms in total. The molecular formula is C12H15ClF3N3O. The Morgan fingerprint density at radius 3 is 2.60 bits per heavy atom. The molecule has 20 heavy (non-hydrogen) atoms. The standard InChI is InChI=1S/C12H15ClF3N3O/c1-7(19(2)6-12(14,15)16)11(20)18-10-4-3-8(17)5-9(10)13/h3-5,7H,6,17H2,1-2H3,(H,18,20). The number of nitrogens with one attached hydrogen (secondary N) is 1. The molecule has 1 unspecified atom stereocenters. The fraction of sp³-hybridized carbons (Fsp3) is 0.417. The van der Waals surface area contributed by atoms with Gasteiger partial charge in [-0.1, -0.05) is 11.6 Å². The maximum atomic E-state index is 12.3. The number of carbonyl (C=O) groups is 1. The molecule has 0 radical (unpaired) electrons. The smallest absolute Gasteiger partial charge is 0.399 e. The average molecular weight is 310 g/mol. The van der Waals surface area contributed by atoms with Gasteiger partial charge in [-0.2, -0.15) is 13.2 Å². The van der Waals surface area contributed by atoms with Gasteiger partial charge < -0.3 is 11.1 Å². The number of rotatable bonds is 4. The van der Waals surface area contributed by atoms with Gasteiger partial charge in [-0.15, -0.1) is 0 Å². The predicted octanol–water partition coefficient (Wildman–Crippen LogP) is 2.74. The highest BCUT2D eigenvalue weighted by Crippen LogP contribution is 2.24. The number of nitrogen functional groups attached to an aromatic ring is 1. The quantitative estimate of drug-likeness (QED) is 0.841. The highest BCUT2D eigenvalue weighted by molar-refractivity contribution is 6.34. The van der Waals surface area contributed by atoms with Crippen molar-refractivity contribution in [1.29, 1.82) is 0 Å². The molecule has 0 saturated heterocycles. The van der Waals surface area contributed by atoms with Crippen LogP contribution in [0.5, 0.6) is 0 Å². The van der Waals surface area contributed by atoms with Crippen molar-refractivity contribution >= 4 is 28.9 Å². The first-order chi connectivity index (χ1) is 9.10. The van der Waals surface area contributed by atoms with Crippen LogP contribution in [0.1, 0.15) is 6.92 Å². The normalized spacial score (nSPS) is 13.3. The molecule has 0 aromatic heterocycles. The van der Waals surface area contributed by atoms with Crippen LogP contribution >= 0.6 is 11.6 Å². The average Bonchev–Trinajstić information content (AvgIpc) is 2.29. The van der Waals surface area contributed by atoms with Crippen molar-refractivity contribution in [3.05, 3.63) is 23.2 Å². The third kappa shape index (κ3) is 4.90. The number of carbonyl (C=O) groups excluding carboxylic acids is 1. The van der Waals surface area contributed by atoms with Gasteiger partial charge in [0.25, 0.3) is 0 Å². The summed E-state index contributed by atoms with van der Waals surface area (Å²) in [7, 11) is 1.22. The number of amides is 1. The number of hydrogen-bond donors (Lipinski definition) is 2. The summed E-state index contributed by atoms with van der Waals surface area (Å²) >= 11 is 5.88. The van der Waals surface area contributed by atoms with Gasteiger partial charge in [0.05, 0.1) is 23.3 Å². The Bertz CT molecular complexity index is 493. The molecule has 1 aromatic carbocycles. The number of nitrogens with two attached hydrogens (primary N) is 1. The third-order valence-corrected chi connectivity index (χ3v) is 3.03. The molecule has 1 amide bonds. The summed E-state index contributed by atoms with van der Waals surface area (Å²) in [6, 6.07) is 3.52. The lowest BCUT2D eigenvalue weighted by Gasteiger charge is -2.24. The van der Waals surface area contributed by atoms with Gasteiger partial charge in [0.15, 0.2) is 0 Å². The zero-order valence-corrected chi connectivity index (χ0v) is 11.7. The molecule has 1 aromatic rings. The monoisotopic (exact) mass is 309 g/mol.